The number of likely N-dealkylation sites (tertiary alicyclic amines) is 1. The first-order valence-corrected chi connectivity index (χ1v) is 13.2. The first-order valence-electron chi connectivity index (χ1n) is 13.2. The number of halogens is 1. The molecule has 4 rings (SSSR count). The molecule has 2 aliphatic carbocycles. The van der Waals surface area contributed by atoms with Crippen molar-refractivity contribution >= 4 is 30.6 Å². The summed E-state index contributed by atoms with van der Waals surface area (Å²) in [4.78, 5) is 54.8. The van der Waals surface area contributed by atoms with E-state index in [1.54, 1.807) is 0 Å². The zero-order valence-corrected chi connectivity index (χ0v) is 23.3. The van der Waals surface area contributed by atoms with E-state index in [2.05, 4.69) is 50.6 Å². The summed E-state index contributed by atoms with van der Waals surface area (Å²) >= 11 is 0. The Labute approximate surface area is 224 Å². The van der Waals surface area contributed by atoms with Crippen molar-refractivity contribution in [1.82, 2.24) is 20.9 Å². The van der Waals surface area contributed by atoms with Crippen LogP contribution >= 0.6 is 0 Å². The minimum absolute atomic E-state index is 0.00880. The summed E-state index contributed by atoms with van der Waals surface area (Å²) in [5, 5.41) is 15.0. The van der Waals surface area contributed by atoms with Crippen LogP contribution < -0.4 is 21.7 Å². The van der Waals surface area contributed by atoms with Gasteiger partial charge in [-0.25, -0.2) is 4.39 Å². The van der Waals surface area contributed by atoms with Gasteiger partial charge in [-0.3, -0.25) is 24.0 Å². The molecule has 4 amide bonds. The van der Waals surface area contributed by atoms with Crippen LogP contribution in [-0.2, 0) is 24.0 Å². The molecule has 2 saturated heterocycles. The molecule has 1 spiro atoms. The first-order chi connectivity index (χ1) is 17.8. The lowest BCUT2D eigenvalue weighted by molar-refractivity contribution is -0.130. The number of carbonyl (C=O) groups is 5. The van der Waals surface area contributed by atoms with Crippen LogP contribution in [0, 0.1) is 29.1 Å². The molecule has 12 heteroatoms. The second kappa shape index (κ2) is 15.0. The molecule has 11 nitrogen and oxygen atoms in total. The summed E-state index contributed by atoms with van der Waals surface area (Å²) in [6, 6.07) is -0.748. The van der Waals surface area contributed by atoms with Crippen molar-refractivity contribution in [3.8, 4) is 0 Å². The summed E-state index contributed by atoms with van der Waals surface area (Å²) < 4.78 is 11.8. The van der Waals surface area contributed by atoms with Crippen molar-refractivity contribution in [2.75, 3.05) is 32.9 Å². The van der Waals surface area contributed by atoms with Crippen molar-refractivity contribution < 1.29 is 33.5 Å². The van der Waals surface area contributed by atoms with Crippen LogP contribution in [0.1, 0.15) is 60.3 Å². The number of rotatable bonds is 9. The van der Waals surface area contributed by atoms with Gasteiger partial charge in [0, 0.05) is 31.1 Å². The van der Waals surface area contributed by atoms with Crippen LogP contribution in [0.3, 0.4) is 0 Å². The number of nitrogens with one attached hydrogen (secondary N) is 3. The molecule has 0 aromatic heterocycles. The summed E-state index contributed by atoms with van der Waals surface area (Å²) in [7, 11) is 0. The van der Waals surface area contributed by atoms with E-state index in [-0.39, 0.29) is 42.8 Å². The molecule has 4 aliphatic rings. The molecular formula is C26H46FN5O6. The molecule has 0 radical (unpaired) electrons. The summed E-state index contributed by atoms with van der Waals surface area (Å²) in [5.74, 6) is 1.50. The molecule has 2 saturated carbocycles. The smallest absolute Gasteiger partial charge is 0.290 e. The van der Waals surface area contributed by atoms with Crippen molar-refractivity contribution in [2.24, 2.45) is 34.8 Å². The van der Waals surface area contributed by atoms with Gasteiger partial charge in [0.15, 0.2) is 0 Å². The van der Waals surface area contributed by atoms with E-state index in [0.29, 0.717) is 30.1 Å². The molecule has 6 N–H and O–H groups in total. The standard InChI is InChI=1S/C11H19FN2O.C10H15N3O3.C4H10.CH2O2/c1-11(2)8-6-14(7-9(8)11)10(15)5-13-4-3-12;11-8(15)7(12-5-14)3-6-4-10(1-2-10)13-9(6)16;1-4(2)3;2-1-3/h8-9,13H,3-7H2,1-2H3;5-7H,1-4H2,(H2,11,15)(H,12,14)(H,13,16);4H,1-3H3;1H,(H,2,3). The number of nitrogens with zero attached hydrogens (tertiary/aromatic N) is 1. The van der Waals surface area contributed by atoms with Crippen molar-refractivity contribution in [1.29, 1.82) is 0 Å². The maximum absolute atomic E-state index is 11.8. The highest BCUT2D eigenvalue weighted by molar-refractivity contribution is 5.86. The first kappa shape index (κ1) is 33.3. The molecular weight excluding hydrogens is 497 g/mol. The molecule has 218 valence electrons. The van der Waals surface area contributed by atoms with Gasteiger partial charge in [0.05, 0.1) is 6.54 Å². The third-order valence-corrected chi connectivity index (χ3v) is 7.41. The van der Waals surface area contributed by atoms with Gasteiger partial charge in [-0.2, -0.15) is 0 Å². The van der Waals surface area contributed by atoms with Crippen LogP contribution in [-0.4, -0.2) is 85.0 Å². The molecule has 4 atom stereocenters. The fraction of sp³-hybridized carbons (Fsp3) is 0.808. The van der Waals surface area contributed by atoms with Gasteiger partial charge in [0.1, 0.15) is 12.7 Å². The van der Waals surface area contributed by atoms with Crippen LogP contribution in [0.2, 0.25) is 0 Å². The fourth-order valence-corrected chi connectivity index (χ4v) is 4.99. The second-order valence-corrected chi connectivity index (χ2v) is 11.7. The lowest BCUT2D eigenvalue weighted by Gasteiger charge is -2.22. The van der Waals surface area contributed by atoms with E-state index >= 15 is 0 Å². The van der Waals surface area contributed by atoms with E-state index in [9.17, 15) is 23.6 Å². The zero-order valence-electron chi connectivity index (χ0n) is 23.3. The number of carboxylic acid groups (broad SMARTS) is 1. The second-order valence-electron chi connectivity index (χ2n) is 11.7. The normalized spacial score (nSPS) is 25.2. The summed E-state index contributed by atoms with van der Waals surface area (Å²) in [6.07, 6.45) is 3.50. The number of alkyl halides is 1. The molecule has 0 bridgehead atoms. The van der Waals surface area contributed by atoms with Gasteiger partial charge >= 0.3 is 0 Å². The largest absolute Gasteiger partial charge is 0.483 e. The quantitative estimate of drug-likeness (QED) is 0.210. The Morgan fingerprint density at radius 2 is 1.74 bits per heavy atom. The number of fused-ring (bicyclic) bond motifs is 1. The van der Waals surface area contributed by atoms with E-state index < -0.39 is 18.6 Å². The average molecular weight is 544 g/mol. The Hall–Kier alpha value is -2.76. The molecule has 4 unspecified atom stereocenters. The van der Waals surface area contributed by atoms with Gasteiger partial charge in [0.2, 0.25) is 24.1 Å². The highest BCUT2D eigenvalue weighted by Crippen LogP contribution is 2.61. The molecule has 0 aromatic rings. The van der Waals surface area contributed by atoms with Crippen molar-refractivity contribution in [3.63, 3.8) is 0 Å². The zero-order chi connectivity index (χ0) is 29.1. The lowest BCUT2D eigenvalue weighted by Crippen LogP contribution is -2.42. The van der Waals surface area contributed by atoms with E-state index in [1.165, 1.54) is 0 Å². The van der Waals surface area contributed by atoms with E-state index in [4.69, 9.17) is 15.6 Å². The Morgan fingerprint density at radius 3 is 2.13 bits per heavy atom. The van der Waals surface area contributed by atoms with Gasteiger partial charge in [-0.15, -0.1) is 0 Å². The number of carbonyl (C=O) groups excluding carboxylic acids is 4. The van der Waals surface area contributed by atoms with Crippen molar-refractivity contribution in [3.05, 3.63) is 0 Å². The van der Waals surface area contributed by atoms with Crippen LogP contribution in [0.4, 0.5) is 4.39 Å². The number of hydrogen-bond donors (Lipinski definition) is 5. The van der Waals surface area contributed by atoms with Crippen LogP contribution in [0.25, 0.3) is 0 Å². The predicted molar refractivity (Wildman–Crippen MR) is 140 cm³/mol. The minimum Gasteiger partial charge on any atom is -0.483 e. The summed E-state index contributed by atoms with van der Waals surface area (Å²) in [5.41, 5.74) is 5.58. The molecule has 38 heavy (non-hydrogen) atoms. The third kappa shape index (κ3) is 10.2. The van der Waals surface area contributed by atoms with Gasteiger partial charge in [0.25, 0.3) is 6.47 Å². The monoisotopic (exact) mass is 543 g/mol. The highest BCUT2D eigenvalue weighted by Gasteiger charge is 2.62. The summed E-state index contributed by atoms with van der Waals surface area (Å²) in [6.45, 7) is 12.7. The average Bonchev–Trinajstić information content (AvgIpc) is 3.50. The number of amides is 4. The number of nitrogens with two attached hydrogens (primary N) is 1. The number of hydrogen-bond acceptors (Lipinski definition) is 6. The Balaban J connectivity index is 0.000000307. The number of primary amides is 1. The van der Waals surface area contributed by atoms with Gasteiger partial charge in [-0.05, 0) is 48.9 Å². The van der Waals surface area contributed by atoms with E-state index in [0.717, 1.165) is 38.3 Å². The fourth-order valence-electron chi connectivity index (χ4n) is 4.99. The van der Waals surface area contributed by atoms with Crippen molar-refractivity contribution in [2.45, 2.75) is 71.9 Å². The Bertz CT molecular complexity index is 803. The maximum Gasteiger partial charge on any atom is 0.290 e. The molecule has 2 aliphatic heterocycles. The van der Waals surface area contributed by atoms with Crippen LogP contribution in [0.15, 0.2) is 0 Å². The predicted octanol–water partition coefficient (Wildman–Crippen LogP) is 0.668. The SMILES string of the molecule is CC(C)C.CC1(C)C2CN(C(=O)CNCCF)CC21.NC(=O)C(CC1CC2(CC2)NC1=O)NC=O.O=CO. The molecule has 2 heterocycles. The lowest BCUT2D eigenvalue weighted by atomic mass is 9.95. The van der Waals surface area contributed by atoms with Gasteiger partial charge < -0.3 is 31.7 Å². The third-order valence-electron chi connectivity index (χ3n) is 7.41. The van der Waals surface area contributed by atoms with Crippen LogP contribution in [0.5, 0.6) is 0 Å². The minimum atomic E-state index is -0.748. The molecule has 0 aromatic carbocycles. The number of piperidine rings is 1. The van der Waals surface area contributed by atoms with E-state index in [1.807, 2.05) is 4.90 Å². The van der Waals surface area contributed by atoms with Gasteiger partial charge in [-0.1, -0.05) is 34.6 Å². The maximum atomic E-state index is 11.8. The Kier molecular flexibility index (Phi) is 13.1. The highest BCUT2D eigenvalue weighted by atomic mass is 19.1. The molecule has 4 fully saturated rings. The Morgan fingerprint density at radius 1 is 1.21 bits per heavy atom. The topological polar surface area (TPSA) is 171 Å².